The van der Waals surface area contributed by atoms with Crippen molar-refractivity contribution in [2.24, 2.45) is 5.92 Å². The standard InChI is InChI=1S/C16H18BrN3O3S2/c1-11-4-2-8-18-15(11)19-16(21)12-5-3-9-20(10-12)25(22,23)14-7-6-13(17)24-14/h2,4,6-8,12H,3,5,9-10H2,1H3,(H,18,19,21)/t12-/m0/s1. The first-order valence-corrected chi connectivity index (χ1v) is 10.9. The number of piperidine rings is 1. The summed E-state index contributed by atoms with van der Waals surface area (Å²) in [4.78, 5) is 16.7. The predicted octanol–water partition coefficient (Wildman–Crippen LogP) is 3.25. The molecule has 2 aromatic rings. The summed E-state index contributed by atoms with van der Waals surface area (Å²) in [7, 11) is -3.56. The van der Waals surface area contributed by atoms with Crippen molar-refractivity contribution in [3.05, 3.63) is 39.8 Å². The second kappa shape index (κ2) is 7.53. The van der Waals surface area contributed by atoms with Crippen LogP contribution in [0.3, 0.4) is 0 Å². The molecule has 0 spiro atoms. The fraction of sp³-hybridized carbons (Fsp3) is 0.375. The lowest BCUT2D eigenvalue weighted by Gasteiger charge is -2.30. The number of carbonyl (C=O) groups excluding carboxylic acids is 1. The molecule has 1 atom stereocenters. The Balaban J connectivity index is 1.73. The molecule has 1 saturated heterocycles. The highest BCUT2D eigenvalue weighted by atomic mass is 79.9. The van der Waals surface area contributed by atoms with E-state index in [9.17, 15) is 13.2 Å². The number of carbonyl (C=O) groups is 1. The van der Waals surface area contributed by atoms with Crippen LogP contribution in [0.25, 0.3) is 0 Å². The molecule has 1 aliphatic heterocycles. The van der Waals surface area contributed by atoms with E-state index in [0.717, 1.165) is 9.35 Å². The molecule has 9 heteroatoms. The van der Waals surface area contributed by atoms with Gasteiger partial charge >= 0.3 is 0 Å². The Hall–Kier alpha value is -1.29. The molecule has 134 valence electrons. The fourth-order valence-electron chi connectivity index (χ4n) is 2.77. The van der Waals surface area contributed by atoms with Gasteiger partial charge in [-0.3, -0.25) is 4.79 Å². The third-order valence-corrected chi connectivity index (χ3v) is 8.10. The summed E-state index contributed by atoms with van der Waals surface area (Å²) < 4.78 is 28.0. The topological polar surface area (TPSA) is 79.4 Å². The zero-order valence-electron chi connectivity index (χ0n) is 13.6. The maximum absolute atomic E-state index is 12.8. The van der Waals surface area contributed by atoms with Crippen molar-refractivity contribution in [3.63, 3.8) is 0 Å². The fourth-order valence-corrected chi connectivity index (χ4v) is 6.46. The third-order valence-electron chi connectivity index (χ3n) is 4.15. The molecular weight excluding hydrogens is 426 g/mol. The van der Waals surface area contributed by atoms with Crippen LogP contribution >= 0.6 is 27.3 Å². The van der Waals surface area contributed by atoms with E-state index in [0.29, 0.717) is 29.4 Å². The van der Waals surface area contributed by atoms with Crippen molar-refractivity contribution in [1.82, 2.24) is 9.29 Å². The van der Waals surface area contributed by atoms with Crippen molar-refractivity contribution < 1.29 is 13.2 Å². The Morgan fingerprint density at radius 3 is 2.88 bits per heavy atom. The van der Waals surface area contributed by atoms with Crippen molar-refractivity contribution in [1.29, 1.82) is 0 Å². The molecule has 0 radical (unpaired) electrons. The second-order valence-electron chi connectivity index (χ2n) is 5.92. The van der Waals surface area contributed by atoms with Gasteiger partial charge in [0.25, 0.3) is 10.0 Å². The number of hydrogen-bond acceptors (Lipinski definition) is 5. The number of halogens is 1. The molecule has 0 saturated carbocycles. The van der Waals surface area contributed by atoms with Crippen LogP contribution < -0.4 is 5.32 Å². The SMILES string of the molecule is Cc1cccnc1NC(=O)[C@H]1CCCN(S(=O)(=O)c2ccc(Br)s2)C1. The molecule has 1 N–H and O–H groups in total. The van der Waals surface area contributed by atoms with Crippen LogP contribution in [0.4, 0.5) is 5.82 Å². The van der Waals surface area contributed by atoms with E-state index < -0.39 is 10.0 Å². The van der Waals surface area contributed by atoms with Gasteiger partial charge in [0.1, 0.15) is 10.0 Å². The molecule has 1 aliphatic rings. The van der Waals surface area contributed by atoms with Crippen molar-refractivity contribution in [2.45, 2.75) is 24.0 Å². The average molecular weight is 444 g/mol. The summed E-state index contributed by atoms with van der Waals surface area (Å²) in [6.45, 7) is 2.49. The Kier molecular flexibility index (Phi) is 5.57. The van der Waals surface area contributed by atoms with Crippen LogP contribution in [0.5, 0.6) is 0 Å². The van der Waals surface area contributed by atoms with Crippen LogP contribution in [-0.2, 0) is 14.8 Å². The van der Waals surface area contributed by atoms with E-state index in [1.807, 2.05) is 13.0 Å². The number of sulfonamides is 1. The van der Waals surface area contributed by atoms with Gasteiger partial charge in [-0.05, 0) is 59.5 Å². The summed E-state index contributed by atoms with van der Waals surface area (Å²) in [6, 6.07) is 6.98. The Morgan fingerprint density at radius 2 is 2.20 bits per heavy atom. The molecule has 1 fully saturated rings. The molecule has 6 nitrogen and oxygen atoms in total. The molecule has 3 rings (SSSR count). The highest BCUT2D eigenvalue weighted by molar-refractivity contribution is 9.11. The average Bonchev–Trinajstić information content (AvgIpc) is 3.04. The lowest BCUT2D eigenvalue weighted by molar-refractivity contribution is -0.120. The van der Waals surface area contributed by atoms with Gasteiger partial charge in [-0.2, -0.15) is 4.31 Å². The third kappa shape index (κ3) is 4.11. The zero-order chi connectivity index (χ0) is 18.0. The van der Waals surface area contributed by atoms with Gasteiger partial charge in [0, 0.05) is 19.3 Å². The van der Waals surface area contributed by atoms with Gasteiger partial charge in [-0.25, -0.2) is 13.4 Å². The lowest BCUT2D eigenvalue weighted by atomic mass is 9.99. The molecular formula is C16H18BrN3O3S2. The molecule has 1 amide bonds. The van der Waals surface area contributed by atoms with Gasteiger partial charge in [-0.15, -0.1) is 11.3 Å². The lowest BCUT2D eigenvalue weighted by Crippen LogP contribution is -2.43. The second-order valence-corrected chi connectivity index (χ2v) is 10.5. The Labute approximate surface area is 159 Å². The van der Waals surface area contributed by atoms with Crippen LogP contribution in [0.1, 0.15) is 18.4 Å². The smallest absolute Gasteiger partial charge is 0.252 e. The van der Waals surface area contributed by atoms with Gasteiger partial charge in [0.05, 0.1) is 9.70 Å². The Bertz CT molecular complexity index is 882. The van der Waals surface area contributed by atoms with Crippen molar-refractivity contribution in [2.75, 3.05) is 18.4 Å². The first-order valence-electron chi connectivity index (χ1n) is 7.86. The number of rotatable bonds is 4. The number of aryl methyl sites for hydroxylation is 1. The minimum atomic E-state index is -3.56. The molecule has 25 heavy (non-hydrogen) atoms. The molecule has 3 heterocycles. The molecule has 0 aliphatic carbocycles. The molecule has 0 bridgehead atoms. The van der Waals surface area contributed by atoms with E-state index in [1.54, 1.807) is 24.4 Å². The highest BCUT2D eigenvalue weighted by Gasteiger charge is 2.34. The number of anilines is 1. The van der Waals surface area contributed by atoms with Gasteiger partial charge < -0.3 is 5.32 Å². The van der Waals surface area contributed by atoms with Crippen molar-refractivity contribution in [3.8, 4) is 0 Å². The molecule has 0 unspecified atom stereocenters. The minimum absolute atomic E-state index is 0.186. The molecule has 0 aromatic carbocycles. The largest absolute Gasteiger partial charge is 0.310 e. The number of pyridine rings is 1. The number of amides is 1. The quantitative estimate of drug-likeness (QED) is 0.785. The normalized spacial score (nSPS) is 18.9. The summed E-state index contributed by atoms with van der Waals surface area (Å²) in [5.41, 5.74) is 0.875. The highest BCUT2D eigenvalue weighted by Crippen LogP contribution is 2.31. The summed E-state index contributed by atoms with van der Waals surface area (Å²) in [6.07, 6.45) is 2.94. The minimum Gasteiger partial charge on any atom is -0.310 e. The van der Waals surface area contributed by atoms with E-state index in [2.05, 4.69) is 26.2 Å². The van der Waals surface area contributed by atoms with E-state index in [1.165, 1.54) is 15.6 Å². The van der Waals surface area contributed by atoms with Gasteiger partial charge in [0.15, 0.2) is 0 Å². The Morgan fingerprint density at radius 1 is 1.40 bits per heavy atom. The van der Waals surface area contributed by atoms with Gasteiger partial charge in [0.2, 0.25) is 5.91 Å². The number of aromatic nitrogens is 1. The van der Waals surface area contributed by atoms with E-state index >= 15 is 0 Å². The van der Waals surface area contributed by atoms with Crippen LogP contribution in [-0.4, -0.2) is 36.7 Å². The van der Waals surface area contributed by atoms with Gasteiger partial charge in [-0.1, -0.05) is 6.07 Å². The van der Waals surface area contributed by atoms with E-state index in [4.69, 9.17) is 0 Å². The number of nitrogens with zero attached hydrogens (tertiary/aromatic N) is 2. The number of hydrogen-bond donors (Lipinski definition) is 1. The number of thiophene rings is 1. The molecule has 2 aromatic heterocycles. The van der Waals surface area contributed by atoms with Crippen LogP contribution in [0.2, 0.25) is 0 Å². The maximum Gasteiger partial charge on any atom is 0.252 e. The predicted molar refractivity (Wildman–Crippen MR) is 101 cm³/mol. The summed E-state index contributed by atoms with van der Waals surface area (Å²) in [5, 5.41) is 2.82. The summed E-state index contributed by atoms with van der Waals surface area (Å²) in [5.74, 6) is -0.0444. The first kappa shape index (κ1) is 18.5. The van der Waals surface area contributed by atoms with Crippen molar-refractivity contribution >= 4 is 49.0 Å². The van der Waals surface area contributed by atoms with Crippen LogP contribution in [0.15, 0.2) is 38.5 Å². The number of nitrogens with one attached hydrogen (secondary N) is 1. The van der Waals surface area contributed by atoms with E-state index in [-0.39, 0.29) is 18.4 Å². The monoisotopic (exact) mass is 443 g/mol. The maximum atomic E-state index is 12.8. The summed E-state index contributed by atoms with van der Waals surface area (Å²) >= 11 is 4.47. The first-order chi connectivity index (χ1) is 11.9. The zero-order valence-corrected chi connectivity index (χ0v) is 16.8. The van der Waals surface area contributed by atoms with Crippen LogP contribution in [0, 0.1) is 12.8 Å².